The maximum Gasteiger partial charge on any atom is 0.315 e. The van der Waals surface area contributed by atoms with E-state index in [0.717, 1.165) is 17.7 Å². The predicted molar refractivity (Wildman–Crippen MR) is 166 cm³/mol. The summed E-state index contributed by atoms with van der Waals surface area (Å²) in [6, 6.07) is 10.5. The summed E-state index contributed by atoms with van der Waals surface area (Å²) in [5, 5.41) is 23.1. The summed E-state index contributed by atoms with van der Waals surface area (Å²) in [6.45, 7) is 0.894. The number of fused-ring (bicyclic) bond motifs is 1. The molecular weight excluding hydrogens is 590 g/mol. The van der Waals surface area contributed by atoms with Crippen molar-refractivity contribution in [1.29, 1.82) is 0 Å². The molecule has 0 amide bonds. The molecule has 3 aliphatic carbocycles. The Bertz CT molecular complexity index is 1860. The number of rotatable bonds is 9. The quantitative estimate of drug-likeness (QED) is 0.267. The number of Topliss-reactive ketones (excluding diaryl/α,β-unsaturated/α-hetero) is 1. The minimum absolute atomic E-state index is 0.0621. The fraction of sp³-hybridized carbons (Fsp3) is 0.417. The number of carboxylic acid groups (broad SMARTS) is 1. The molecule has 8 rings (SSSR count). The maximum absolute atomic E-state index is 13.5. The first-order chi connectivity index (χ1) is 22.2. The molecule has 5 aliphatic rings. The lowest BCUT2D eigenvalue weighted by Gasteiger charge is -2.60. The molecule has 2 N–H and O–H groups in total. The number of esters is 1. The number of ketones is 1. The molecule has 46 heavy (non-hydrogen) atoms. The van der Waals surface area contributed by atoms with Crippen LogP contribution in [0.5, 0.6) is 23.0 Å². The largest absolute Gasteiger partial charge is 0.496 e. The molecule has 238 valence electrons. The third kappa shape index (κ3) is 4.02. The van der Waals surface area contributed by atoms with Crippen LogP contribution in [0.2, 0.25) is 0 Å². The van der Waals surface area contributed by atoms with Gasteiger partial charge in [-0.2, -0.15) is 0 Å². The van der Waals surface area contributed by atoms with Crippen molar-refractivity contribution in [2.75, 3.05) is 20.8 Å². The second-order valence-corrected chi connectivity index (χ2v) is 13.2. The van der Waals surface area contributed by atoms with Crippen LogP contribution in [0.25, 0.3) is 10.8 Å². The zero-order valence-corrected chi connectivity index (χ0v) is 25.7. The Balaban J connectivity index is 1.12. The van der Waals surface area contributed by atoms with Gasteiger partial charge in [0, 0.05) is 40.4 Å². The van der Waals surface area contributed by atoms with Gasteiger partial charge in [-0.05, 0) is 49.4 Å². The molecular formula is C36H35NO9. The Morgan fingerprint density at radius 3 is 2.35 bits per heavy atom. The van der Waals surface area contributed by atoms with Gasteiger partial charge in [0.25, 0.3) is 0 Å². The average Bonchev–Trinajstić information content (AvgIpc) is 3.77. The Morgan fingerprint density at radius 2 is 1.70 bits per heavy atom. The van der Waals surface area contributed by atoms with Crippen molar-refractivity contribution >= 4 is 28.5 Å². The Labute approximate surface area is 265 Å². The molecule has 0 saturated heterocycles. The van der Waals surface area contributed by atoms with Gasteiger partial charge in [0.15, 0.2) is 23.4 Å². The van der Waals surface area contributed by atoms with Crippen LogP contribution in [0.15, 0.2) is 48.7 Å². The van der Waals surface area contributed by atoms with Gasteiger partial charge in [-0.1, -0.05) is 36.4 Å². The van der Waals surface area contributed by atoms with E-state index < -0.39 is 29.1 Å². The van der Waals surface area contributed by atoms with E-state index >= 15 is 0 Å². The first-order valence-electron chi connectivity index (χ1n) is 15.8. The average molecular weight is 626 g/mol. The number of ether oxygens (including phenoxy) is 4. The zero-order chi connectivity index (χ0) is 32.0. The molecule has 2 aliphatic heterocycles. The number of aliphatic carboxylic acids is 1. The number of benzene rings is 3. The van der Waals surface area contributed by atoms with Crippen LogP contribution in [-0.2, 0) is 39.1 Å². The molecule has 1 spiro atoms. The summed E-state index contributed by atoms with van der Waals surface area (Å²) in [5.74, 6) is 0.513. The van der Waals surface area contributed by atoms with E-state index in [9.17, 15) is 24.6 Å². The van der Waals surface area contributed by atoms with E-state index in [1.807, 2.05) is 12.1 Å². The molecule has 10 nitrogen and oxygen atoms in total. The highest BCUT2D eigenvalue weighted by atomic mass is 16.6. The Kier molecular flexibility index (Phi) is 6.41. The second-order valence-electron chi connectivity index (χ2n) is 13.2. The molecule has 3 aromatic carbocycles. The van der Waals surface area contributed by atoms with Crippen molar-refractivity contribution in [3.05, 3.63) is 70.9 Å². The normalized spacial score (nSPS) is 26.8. The zero-order valence-electron chi connectivity index (χ0n) is 25.7. The fourth-order valence-electron chi connectivity index (χ4n) is 8.49. The van der Waals surface area contributed by atoms with Gasteiger partial charge in [-0.3, -0.25) is 14.4 Å². The third-order valence-corrected chi connectivity index (χ3v) is 10.7. The molecule has 2 bridgehead atoms. The van der Waals surface area contributed by atoms with Crippen molar-refractivity contribution in [1.82, 2.24) is 4.90 Å². The van der Waals surface area contributed by atoms with E-state index in [0.29, 0.717) is 57.9 Å². The number of hydrogen-bond donors (Lipinski definition) is 2. The number of methoxy groups -OCH3 is 2. The van der Waals surface area contributed by atoms with E-state index in [1.54, 1.807) is 30.3 Å². The van der Waals surface area contributed by atoms with Crippen LogP contribution < -0.4 is 18.9 Å². The molecule has 2 fully saturated rings. The number of nitrogens with zero attached hydrogens (tertiary/aromatic N) is 1. The highest BCUT2D eigenvalue weighted by Crippen LogP contribution is 2.64. The fourth-order valence-corrected chi connectivity index (χ4v) is 8.49. The van der Waals surface area contributed by atoms with Gasteiger partial charge >= 0.3 is 11.9 Å². The van der Waals surface area contributed by atoms with Crippen LogP contribution in [0.4, 0.5) is 0 Å². The first-order valence-corrected chi connectivity index (χ1v) is 15.8. The van der Waals surface area contributed by atoms with Crippen LogP contribution in [-0.4, -0.2) is 71.3 Å². The topological polar surface area (TPSA) is 132 Å². The number of carbonyl (C=O) groups is 3. The van der Waals surface area contributed by atoms with Crippen molar-refractivity contribution in [2.24, 2.45) is 5.92 Å². The second kappa shape index (κ2) is 10.2. The summed E-state index contributed by atoms with van der Waals surface area (Å²) in [5.41, 5.74) is 0.651. The van der Waals surface area contributed by atoms with Crippen molar-refractivity contribution in [3.63, 3.8) is 0 Å². The van der Waals surface area contributed by atoms with Crippen molar-refractivity contribution < 1.29 is 43.5 Å². The number of hydrogen-bond acceptors (Lipinski definition) is 9. The first kappa shape index (κ1) is 28.9. The summed E-state index contributed by atoms with van der Waals surface area (Å²) >= 11 is 0. The summed E-state index contributed by atoms with van der Waals surface area (Å²) in [7, 11) is 3.00. The van der Waals surface area contributed by atoms with Gasteiger partial charge in [0.2, 0.25) is 0 Å². The van der Waals surface area contributed by atoms with Crippen LogP contribution >= 0.6 is 0 Å². The maximum atomic E-state index is 13.5. The van der Waals surface area contributed by atoms with E-state index in [2.05, 4.69) is 11.1 Å². The van der Waals surface area contributed by atoms with Gasteiger partial charge in [-0.25, -0.2) is 0 Å². The Morgan fingerprint density at radius 1 is 1.00 bits per heavy atom. The van der Waals surface area contributed by atoms with Gasteiger partial charge in [0.1, 0.15) is 17.1 Å². The standard InChI is InChI=1S/C36H35NO9/c1-43-31-21(16-28(39)40)5-8-24-23(31)9-6-22(32(24)44-2)17-29(41)45-26-10-7-20-15-27-36(42)12-11-25(38)34-35(36,30(20)33(26)46-34)13-14-37(27)18-19-3-4-19/h5-10,13-14,19,27,34,42H,3-4,11-12,15-18H2,1-2H3,(H,39,40)/t27-,34+,35+,36-/m1/s1. The SMILES string of the molecule is COc1c(CC(=O)O)ccc2c(OC)c(CC(=O)Oc3ccc4c5c3O[C@H]3C(=O)CC[C@@]6(O)[C@@H](C4)N(CC4CC4)C=C[C@]536)ccc12. The van der Waals surface area contributed by atoms with Gasteiger partial charge in [-0.15, -0.1) is 0 Å². The predicted octanol–water partition coefficient (Wildman–Crippen LogP) is 3.89. The third-order valence-electron chi connectivity index (χ3n) is 10.7. The molecule has 2 saturated carbocycles. The lowest BCUT2D eigenvalue weighted by molar-refractivity contribution is -0.161. The molecule has 10 heteroatoms. The van der Waals surface area contributed by atoms with Gasteiger partial charge < -0.3 is 34.1 Å². The van der Waals surface area contributed by atoms with Gasteiger partial charge in [0.05, 0.1) is 38.5 Å². The van der Waals surface area contributed by atoms with Crippen molar-refractivity contribution in [3.8, 4) is 23.0 Å². The molecule has 4 atom stereocenters. The highest BCUT2D eigenvalue weighted by molar-refractivity contribution is 5.97. The minimum Gasteiger partial charge on any atom is -0.496 e. The highest BCUT2D eigenvalue weighted by Gasteiger charge is 2.72. The van der Waals surface area contributed by atoms with E-state index in [4.69, 9.17) is 18.9 Å². The summed E-state index contributed by atoms with van der Waals surface area (Å²) < 4.78 is 23.6. The molecule has 3 aromatic rings. The van der Waals surface area contributed by atoms with Crippen LogP contribution in [0.3, 0.4) is 0 Å². The summed E-state index contributed by atoms with van der Waals surface area (Å²) in [4.78, 5) is 40.5. The molecule has 0 aromatic heterocycles. The molecule has 2 heterocycles. The number of carboxylic acids is 1. The van der Waals surface area contributed by atoms with Crippen molar-refractivity contribution in [2.45, 2.75) is 68.1 Å². The lowest BCUT2D eigenvalue weighted by Crippen LogP contribution is -2.73. The number of carbonyl (C=O) groups excluding carboxylic acids is 2. The van der Waals surface area contributed by atoms with Crippen LogP contribution in [0.1, 0.15) is 47.9 Å². The Hall–Kier alpha value is -4.57. The number of aliphatic hydroxyl groups is 1. The molecule has 0 radical (unpaired) electrons. The monoisotopic (exact) mass is 625 g/mol. The lowest BCUT2D eigenvalue weighted by atomic mass is 9.50. The summed E-state index contributed by atoms with van der Waals surface area (Å²) in [6.07, 6.45) is 6.43. The minimum atomic E-state index is -1.18. The van der Waals surface area contributed by atoms with E-state index in [1.165, 1.54) is 27.1 Å². The van der Waals surface area contributed by atoms with E-state index in [-0.39, 0.29) is 36.8 Å². The smallest absolute Gasteiger partial charge is 0.315 e. The van der Waals surface area contributed by atoms with Crippen LogP contribution in [0, 0.1) is 5.92 Å². The molecule has 0 unspecified atom stereocenters.